The number of nitrogens with one attached hydrogen (secondary N) is 2. The van der Waals surface area contributed by atoms with E-state index in [2.05, 4.69) is 25.8 Å². The third-order valence-corrected chi connectivity index (χ3v) is 4.23. The monoisotopic (exact) mass is 400 g/mol. The van der Waals surface area contributed by atoms with Crippen LogP contribution in [-0.4, -0.2) is 54.1 Å². The molecule has 0 fully saturated rings. The number of rotatable bonds is 9. The SMILES string of the molecule is CCNC(=NCc1ccc(C(=O)N(C)C)cc1)NCCCc1nc(C(C)C)no1. The lowest BCUT2D eigenvalue weighted by Gasteiger charge is -2.11. The van der Waals surface area contributed by atoms with Crippen LogP contribution in [0.1, 0.15) is 60.7 Å². The fourth-order valence-electron chi connectivity index (χ4n) is 2.57. The first-order valence-corrected chi connectivity index (χ1v) is 10.1. The van der Waals surface area contributed by atoms with Crippen molar-refractivity contribution >= 4 is 11.9 Å². The predicted molar refractivity (Wildman–Crippen MR) is 114 cm³/mol. The average molecular weight is 401 g/mol. The fourth-order valence-corrected chi connectivity index (χ4v) is 2.57. The number of guanidine groups is 1. The zero-order valence-electron chi connectivity index (χ0n) is 18.0. The van der Waals surface area contributed by atoms with Crippen LogP contribution in [0.4, 0.5) is 0 Å². The van der Waals surface area contributed by atoms with Gasteiger partial charge in [0.25, 0.3) is 5.91 Å². The molecular weight excluding hydrogens is 368 g/mol. The molecule has 2 rings (SSSR count). The highest BCUT2D eigenvalue weighted by Gasteiger charge is 2.09. The van der Waals surface area contributed by atoms with E-state index in [0.29, 0.717) is 18.0 Å². The van der Waals surface area contributed by atoms with Crippen molar-refractivity contribution in [3.63, 3.8) is 0 Å². The van der Waals surface area contributed by atoms with Gasteiger partial charge in [0, 0.05) is 45.1 Å². The van der Waals surface area contributed by atoms with Gasteiger partial charge >= 0.3 is 0 Å². The molecule has 0 aliphatic rings. The van der Waals surface area contributed by atoms with Crippen LogP contribution in [0.15, 0.2) is 33.8 Å². The van der Waals surface area contributed by atoms with Crippen molar-refractivity contribution in [2.75, 3.05) is 27.2 Å². The number of amides is 1. The topological polar surface area (TPSA) is 95.7 Å². The highest BCUT2D eigenvalue weighted by Crippen LogP contribution is 2.10. The van der Waals surface area contributed by atoms with Crippen LogP contribution in [0.5, 0.6) is 0 Å². The number of aromatic nitrogens is 2. The van der Waals surface area contributed by atoms with Gasteiger partial charge in [0.05, 0.1) is 6.54 Å². The van der Waals surface area contributed by atoms with Gasteiger partial charge < -0.3 is 20.1 Å². The summed E-state index contributed by atoms with van der Waals surface area (Å²) in [5.41, 5.74) is 1.72. The number of aliphatic imine (C=N–C) groups is 1. The summed E-state index contributed by atoms with van der Waals surface area (Å²) in [6.07, 6.45) is 1.60. The van der Waals surface area contributed by atoms with Crippen molar-refractivity contribution in [1.29, 1.82) is 0 Å². The summed E-state index contributed by atoms with van der Waals surface area (Å²) in [4.78, 5) is 22.5. The van der Waals surface area contributed by atoms with Crippen molar-refractivity contribution in [3.05, 3.63) is 47.1 Å². The van der Waals surface area contributed by atoms with E-state index in [1.54, 1.807) is 19.0 Å². The molecular formula is C21H32N6O2. The Morgan fingerprint density at radius 2 is 1.93 bits per heavy atom. The van der Waals surface area contributed by atoms with Crippen molar-refractivity contribution in [2.24, 2.45) is 4.99 Å². The number of benzene rings is 1. The summed E-state index contributed by atoms with van der Waals surface area (Å²) in [6.45, 7) is 8.19. The molecule has 0 unspecified atom stereocenters. The Morgan fingerprint density at radius 3 is 2.52 bits per heavy atom. The third-order valence-electron chi connectivity index (χ3n) is 4.23. The van der Waals surface area contributed by atoms with Crippen LogP contribution in [-0.2, 0) is 13.0 Å². The summed E-state index contributed by atoms with van der Waals surface area (Å²) in [7, 11) is 3.49. The second-order valence-electron chi connectivity index (χ2n) is 7.32. The van der Waals surface area contributed by atoms with E-state index in [4.69, 9.17) is 4.52 Å². The molecule has 29 heavy (non-hydrogen) atoms. The third kappa shape index (κ3) is 7.21. The molecule has 0 saturated carbocycles. The molecule has 1 aromatic carbocycles. The van der Waals surface area contributed by atoms with Crippen molar-refractivity contribution in [3.8, 4) is 0 Å². The minimum absolute atomic E-state index is 0.00295. The zero-order chi connectivity index (χ0) is 21.2. The number of hydrogen-bond acceptors (Lipinski definition) is 5. The first-order valence-electron chi connectivity index (χ1n) is 10.1. The summed E-state index contributed by atoms with van der Waals surface area (Å²) >= 11 is 0. The van der Waals surface area contributed by atoms with Gasteiger partial charge in [-0.3, -0.25) is 4.79 Å². The largest absolute Gasteiger partial charge is 0.357 e. The summed E-state index contributed by atoms with van der Waals surface area (Å²) < 4.78 is 5.27. The molecule has 158 valence electrons. The van der Waals surface area contributed by atoms with E-state index in [-0.39, 0.29) is 11.8 Å². The maximum absolute atomic E-state index is 12.0. The van der Waals surface area contributed by atoms with E-state index in [1.165, 1.54) is 0 Å². The van der Waals surface area contributed by atoms with Crippen LogP contribution in [0.2, 0.25) is 0 Å². The quantitative estimate of drug-likeness (QED) is 0.382. The minimum Gasteiger partial charge on any atom is -0.357 e. The molecule has 0 aliphatic heterocycles. The Hall–Kier alpha value is -2.90. The van der Waals surface area contributed by atoms with Gasteiger partial charge in [-0.25, -0.2) is 4.99 Å². The maximum atomic E-state index is 12.0. The molecule has 1 aromatic heterocycles. The van der Waals surface area contributed by atoms with Gasteiger partial charge in [-0.05, 0) is 31.0 Å². The summed E-state index contributed by atoms with van der Waals surface area (Å²) in [6, 6.07) is 7.55. The Kier molecular flexibility index (Phi) is 8.64. The second kappa shape index (κ2) is 11.2. The number of nitrogens with zero attached hydrogens (tertiary/aromatic N) is 4. The molecule has 0 atom stereocenters. The molecule has 0 radical (unpaired) electrons. The van der Waals surface area contributed by atoms with Gasteiger partial charge in [0.1, 0.15) is 0 Å². The van der Waals surface area contributed by atoms with Crippen LogP contribution >= 0.6 is 0 Å². The Morgan fingerprint density at radius 1 is 1.21 bits per heavy atom. The Labute approximate surface area is 172 Å². The standard InChI is InChI=1S/C21H32N6O2/c1-6-22-21(23-13-7-8-18-25-19(15(2)3)26-29-18)24-14-16-9-11-17(12-10-16)20(28)27(4)5/h9-12,15H,6-8,13-14H2,1-5H3,(H2,22,23,24). The van der Waals surface area contributed by atoms with Crippen LogP contribution in [0.25, 0.3) is 0 Å². The highest BCUT2D eigenvalue weighted by molar-refractivity contribution is 5.93. The van der Waals surface area contributed by atoms with Gasteiger partial charge in [0.2, 0.25) is 5.89 Å². The lowest BCUT2D eigenvalue weighted by molar-refractivity contribution is 0.0827. The van der Waals surface area contributed by atoms with Crippen LogP contribution in [0, 0.1) is 0 Å². The Bertz CT molecular complexity index is 796. The van der Waals surface area contributed by atoms with E-state index in [9.17, 15) is 4.79 Å². The fraction of sp³-hybridized carbons (Fsp3) is 0.524. The number of hydrogen-bond donors (Lipinski definition) is 2. The maximum Gasteiger partial charge on any atom is 0.253 e. The molecule has 2 N–H and O–H groups in total. The number of aryl methyl sites for hydroxylation is 1. The van der Waals surface area contributed by atoms with Crippen molar-refractivity contribution < 1.29 is 9.32 Å². The minimum atomic E-state index is -0.00295. The van der Waals surface area contributed by atoms with Gasteiger partial charge in [-0.1, -0.05) is 31.1 Å². The normalized spacial score (nSPS) is 11.6. The summed E-state index contributed by atoms with van der Waals surface area (Å²) in [5.74, 6) is 2.45. The molecule has 0 saturated heterocycles. The lowest BCUT2D eigenvalue weighted by atomic mass is 10.1. The van der Waals surface area contributed by atoms with Crippen LogP contribution in [0.3, 0.4) is 0 Å². The average Bonchev–Trinajstić information content (AvgIpc) is 3.18. The molecule has 1 heterocycles. The van der Waals surface area contributed by atoms with Crippen molar-refractivity contribution in [1.82, 2.24) is 25.7 Å². The zero-order valence-corrected chi connectivity index (χ0v) is 18.0. The smallest absolute Gasteiger partial charge is 0.253 e. The predicted octanol–water partition coefficient (Wildman–Crippen LogP) is 2.58. The molecule has 0 aliphatic carbocycles. The molecule has 0 bridgehead atoms. The lowest BCUT2D eigenvalue weighted by Crippen LogP contribution is -2.37. The Balaban J connectivity index is 1.83. The second-order valence-corrected chi connectivity index (χ2v) is 7.32. The van der Waals surface area contributed by atoms with E-state index >= 15 is 0 Å². The van der Waals surface area contributed by atoms with Crippen molar-refractivity contribution in [2.45, 2.75) is 46.1 Å². The molecule has 0 spiro atoms. The van der Waals surface area contributed by atoms with E-state index < -0.39 is 0 Å². The molecule has 2 aromatic rings. The van der Waals surface area contributed by atoms with E-state index in [0.717, 1.165) is 43.3 Å². The van der Waals surface area contributed by atoms with Gasteiger partial charge in [0.15, 0.2) is 11.8 Å². The molecule has 1 amide bonds. The van der Waals surface area contributed by atoms with Gasteiger partial charge in [-0.15, -0.1) is 0 Å². The van der Waals surface area contributed by atoms with Crippen LogP contribution < -0.4 is 10.6 Å². The molecule has 8 heteroatoms. The van der Waals surface area contributed by atoms with Gasteiger partial charge in [-0.2, -0.15) is 4.98 Å². The first kappa shape index (κ1) is 22.4. The number of carbonyl (C=O) groups excluding carboxylic acids is 1. The summed E-state index contributed by atoms with van der Waals surface area (Å²) in [5, 5.41) is 10.5. The number of carbonyl (C=O) groups is 1. The molecule has 8 nitrogen and oxygen atoms in total. The highest BCUT2D eigenvalue weighted by atomic mass is 16.5. The van der Waals surface area contributed by atoms with E-state index in [1.807, 2.05) is 45.0 Å². The first-order chi connectivity index (χ1) is 13.9.